The van der Waals surface area contributed by atoms with Crippen LogP contribution in [0.3, 0.4) is 0 Å². The molecule has 0 heterocycles. The molecule has 1 aromatic rings. The van der Waals surface area contributed by atoms with Crippen LogP contribution in [0.15, 0.2) is 12.1 Å². The molecule has 0 aliphatic carbocycles. The van der Waals surface area contributed by atoms with E-state index in [2.05, 4.69) is 0 Å². The fraction of sp³-hybridized carbons (Fsp3) is 0.400. The Kier molecular flexibility index (Phi) is 3.86. The molecular formula is C10H13ClFNO. The minimum atomic E-state index is -0.670. The van der Waals surface area contributed by atoms with Gasteiger partial charge in [-0.2, -0.15) is 0 Å². The van der Waals surface area contributed by atoms with E-state index in [1.54, 1.807) is 13.0 Å². The summed E-state index contributed by atoms with van der Waals surface area (Å²) in [5, 5.41) is 9.64. The van der Waals surface area contributed by atoms with E-state index in [1.807, 2.05) is 0 Å². The predicted octanol–water partition coefficient (Wildman–Crippen LogP) is 2.17. The van der Waals surface area contributed by atoms with E-state index in [-0.39, 0.29) is 5.02 Å². The predicted molar refractivity (Wildman–Crippen MR) is 54.8 cm³/mol. The molecule has 0 spiro atoms. The molecule has 14 heavy (non-hydrogen) atoms. The summed E-state index contributed by atoms with van der Waals surface area (Å²) in [6.07, 6.45) is -0.224. The summed E-state index contributed by atoms with van der Waals surface area (Å²) >= 11 is 5.65. The van der Waals surface area contributed by atoms with Crippen molar-refractivity contribution in [3.05, 3.63) is 34.1 Å². The molecule has 0 saturated carbocycles. The molecule has 0 bridgehead atoms. The van der Waals surface area contributed by atoms with Crippen LogP contribution in [0.4, 0.5) is 4.39 Å². The zero-order chi connectivity index (χ0) is 10.7. The van der Waals surface area contributed by atoms with Crippen molar-refractivity contribution >= 4 is 11.6 Å². The Morgan fingerprint density at radius 2 is 2.21 bits per heavy atom. The van der Waals surface area contributed by atoms with Crippen LogP contribution < -0.4 is 5.73 Å². The summed E-state index contributed by atoms with van der Waals surface area (Å²) in [4.78, 5) is 0. The van der Waals surface area contributed by atoms with Gasteiger partial charge in [-0.25, -0.2) is 4.39 Å². The highest BCUT2D eigenvalue weighted by atomic mass is 35.5. The van der Waals surface area contributed by atoms with Crippen LogP contribution in [-0.2, 0) is 0 Å². The number of halogens is 2. The number of hydrogen-bond donors (Lipinski definition) is 2. The van der Waals surface area contributed by atoms with Crippen molar-refractivity contribution in [2.45, 2.75) is 19.4 Å². The lowest BCUT2D eigenvalue weighted by Gasteiger charge is -2.11. The van der Waals surface area contributed by atoms with Gasteiger partial charge in [0.15, 0.2) is 0 Å². The summed E-state index contributed by atoms with van der Waals surface area (Å²) in [6.45, 7) is 2.00. The van der Waals surface area contributed by atoms with Gasteiger partial charge in [-0.1, -0.05) is 17.7 Å². The van der Waals surface area contributed by atoms with E-state index in [0.29, 0.717) is 24.1 Å². The van der Waals surface area contributed by atoms with E-state index in [9.17, 15) is 9.50 Å². The van der Waals surface area contributed by atoms with Gasteiger partial charge in [0.05, 0.1) is 11.1 Å². The molecule has 0 radical (unpaired) electrons. The molecule has 2 nitrogen and oxygen atoms in total. The van der Waals surface area contributed by atoms with Crippen molar-refractivity contribution in [1.29, 1.82) is 0 Å². The van der Waals surface area contributed by atoms with Crippen LogP contribution in [0.2, 0.25) is 5.02 Å². The quantitative estimate of drug-likeness (QED) is 0.815. The molecular weight excluding hydrogens is 205 g/mol. The van der Waals surface area contributed by atoms with Crippen LogP contribution in [-0.4, -0.2) is 11.7 Å². The highest BCUT2D eigenvalue weighted by molar-refractivity contribution is 6.30. The number of benzene rings is 1. The average molecular weight is 218 g/mol. The van der Waals surface area contributed by atoms with Gasteiger partial charge in [0.25, 0.3) is 0 Å². The zero-order valence-electron chi connectivity index (χ0n) is 7.93. The first-order chi connectivity index (χ1) is 6.56. The molecule has 1 atom stereocenters. The summed E-state index contributed by atoms with van der Waals surface area (Å²) in [5.74, 6) is -0.435. The van der Waals surface area contributed by atoms with Crippen molar-refractivity contribution in [3.63, 3.8) is 0 Å². The van der Waals surface area contributed by atoms with Gasteiger partial charge in [0.2, 0.25) is 0 Å². The molecule has 0 amide bonds. The molecule has 0 saturated heterocycles. The van der Waals surface area contributed by atoms with Crippen molar-refractivity contribution in [3.8, 4) is 0 Å². The lowest BCUT2D eigenvalue weighted by Crippen LogP contribution is -2.07. The SMILES string of the molecule is Cc1cc([C@H](O)CCN)cc(Cl)c1F. The third-order valence-electron chi connectivity index (χ3n) is 2.06. The largest absolute Gasteiger partial charge is 0.388 e. The Labute approximate surface area is 87.5 Å². The summed E-state index contributed by atoms with van der Waals surface area (Å²) in [5.41, 5.74) is 6.35. The van der Waals surface area contributed by atoms with Crippen LogP contribution in [0.5, 0.6) is 0 Å². The first-order valence-electron chi connectivity index (χ1n) is 4.40. The third-order valence-corrected chi connectivity index (χ3v) is 2.33. The van der Waals surface area contributed by atoms with Crippen LogP contribution in [0.1, 0.15) is 23.7 Å². The highest BCUT2D eigenvalue weighted by Gasteiger charge is 2.11. The first-order valence-corrected chi connectivity index (χ1v) is 4.77. The molecule has 0 fully saturated rings. The van der Waals surface area contributed by atoms with E-state index < -0.39 is 11.9 Å². The maximum atomic E-state index is 13.1. The Morgan fingerprint density at radius 3 is 2.71 bits per heavy atom. The standard InChI is InChI=1S/C10H13ClFNO/c1-6-4-7(9(14)2-3-13)5-8(11)10(6)12/h4-5,9,14H,2-3,13H2,1H3/t9-/m1/s1. The zero-order valence-corrected chi connectivity index (χ0v) is 8.68. The Balaban J connectivity index is 3.00. The lowest BCUT2D eigenvalue weighted by atomic mass is 10.0. The normalized spacial score (nSPS) is 12.9. The smallest absolute Gasteiger partial charge is 0.144 e. The maximum absolute atomic E-state index is 13.1. The van der Waals surface area contributed by atoms with E-state index >= 15 is 0 Å². The second-order valence-electron chi connectivity index (χ2n) is 3.23. The van der Waals surface area contributed by atoms with E-state index in [0.717, 1.165) is 0 Å². The molecule has 1 rings (SSSR count). The number of nitrogens with two attached hydrogens (primary N) is 1. The van der Waals surface area contributed by atoms with Crippen molar-refractivity contribution in [2.75, 3.05) is 6.54 Å². The van der Waals surface area contributed by atoms with E-state index in [4.69, 9.17) is 17.3 Å². The summed E-state index contributed by atoms with van der Waals surface area (Å²) in [7, 11) is 0. The van der Waals surface area contributed by atoms with Crippen molar-refractivity contribution in [1.82, 2.24) is 0 Å². The second kappa shape index (κ2) is 4.73. The molecule has 0 aliphatic heterocycles. The molecule has 1 aromatic carbocycles. The number of aliphatic hydroxyl groups excluding tert-OH is 1. The molecule has 3 N–H and O–H groups in total. The number of aliphatic hydroxyl groups is 1. The second-order valence-corrected chi connectivity index (χ2v) is 3.63. The van der Waals surface area contributed by atoms with Gasteiger partial charge in [-0.15, -0.1) is 0 Å². The third kappa shape index (κ3) is 2.44. The van der Waals surface area contributed by atoms with Gasteiger partial charge in [-0.3, -0.25) is 0 Å². The highest BCUT2D eigenvalue weighted by Crippen LogP contribution is 2.25. The summed E-state index contributed by atoms with van der Waals surface area (Å²) < 4.78 is 13.1. The number of hydrogen-bond acceptors (Lipinski definition) is 2. The van der Waals surface area contributed by atoms with Gasteiger partial charge < -0.3 is 10.8 Å². The Morgan fingerprint density at radius 1 is 1.57 bits per heavy atom. The maximum Gasteiger partial charge on any atom is 0.144 e. The lowest BCUT2D eigenvalue weighted by molar-refractivity contribution is 0.170. The minimum absolute atomic E-state index is 0.0380. The van der Waals surface area contributed by atoms with Crippen molar-refractivity contribution < 1.29 is 9.50 Å². The topological polar surface area (TPSA) is 46.2 Å². The van der Waals surface area contributed by atoms with Crippen molar-refractivity contribution in [2.24, 2.45) is 5.73 Å². The van der Waals surface area contributed by atoms with Crippen LogP contribution in [0, 0.1) is 12.7 Å². The van der Waals surface area contributed by atoms with E-state index in [1.165, 1.54) is 6.07 Å². The molecule has 78 valence electrons. The molecule has 0 aliphatic rings. The Bertz CT molecular complexity index is 307. The van der Waals surface area contributed by atoms with Crippen LogP contribution in [0.25, 0.3) is 0 Å². The fourth-order valence-corrected chi connectivity index (χ4v) is 1.55. The first kappa shape index (κ1) is 11.4. The van der Waals surface area contributed by atoms with Gasteiger partial charge in [0, 0.05) is 0 Å². The molecule has 0 unspecified atom stereocenters. The van der Waals surface area contributed by atoms with Gasteiger partial charge in [-0.05, 0) is 37.1 Å². The van der Waals surface area contributed by atoms with Gasteiger partial charge in [0.1, 0.15) is 5.82 Å². The Hall–Kier alpha value is -0.640. The summed E-state index contributed by atoms with van der Waals surface area (Å²) in [6, 6.07) is 3.02. The monoisotopic (exact) mass is 217 g/mol. The molecule has 4 heteroatoms. The number of aryl methyl sites for hydroxylation is 1. The molecule has 0 aromatic heterocycles. The minimum Gasteiger partial charge on any atom is -0.388 e. The fourth-order valence-electron chi connectivity index (χ4n) is 1.27. The van der Waals surface area contributed by atoms with Crippen LogP contribution >= 0.6 is 11.6 Å². The average Bonchev–Trinajstić information content (AvgIpc) is 2.13. The number of rotatable bonds is 3. The van der Waals surface area contributed by atoms with Gasteiger partial charge >= 0.3 is 0 Å².